The molecule has 11 aromatic carbocycles. The Morgan fingerprint density at radius 1 is 0.294 bits per heavy atom. The van der Waals surface area contributed by atoms with E-state index in [-0.39, 0.29) is 0 Å². The van der Waals surface area contributed by atoms with Gasteiger partial charge in [0, 0.05) is 28.1 Å². The van der Waals surface area contributed by atoms with Crippen LogP contribution in [0.25, 0.3) is 55.3 Å². The normalized spacial score (nSPS) is 14.2. The molecular weight excluding hydrogens is 823 g/mol. The summed E-state index contributed by atoms with van der Waals surface area (Å²) in [5, 5.41) is 2.42. The van der Waals surface area contributed by atoms with Gasteiger partial charge in [0.1, 0.15) is 11.5 Å². The molecule has 2 spiro atoms. The highest BCUT2D eigenvalue weighted by Gasteiger charge is 2.53. The van der Waals surface area contributed by atoms with Crippen LogP contribution in [0.5, 0.6) is 11.5 Å². The van der Waals surface area contributed by atoms with Gasteiger partial charge in [-0.15, -0.1) is 0 Å². The molecule has 1 heterocycles. The highest BCUT2D eigenvalue weighted by Crippen LogP contribution is 2.65. The van der Waals surface area contributed by atoms with Crippen molar-refractivity contribution in [2.45, 2.75) is 10.8 Å². The van der Waals surface area contributed by atoms with Crippen LogP contribution >= 0.6 is 0 Å². The van der Waals surface area contributed by atoms with Crippen molar-refractivity contribution >= 4 is 27.8 Å². The molecule has 0 N–H and O–H groups in total. The molecule has 0 fully saturated rings. The summed E-state index contributed by atoms with van der Waals surface area (Å²) in [4.78, 5) is 2.53. The maximum absolute atomic E-state index is 6.69. The zero-order valence-corrected chi connectivity index (χ0v) is 37.0. The van der Waals surface area contributed by atoms with Crippen LogP contribution in [0.4, 0.5) is 17.1 Å². The predicted octanol–water partition coefficient (Wildman–Crippen LogP) is 16.8. The van der Waals surface area contributed by atoms with E-state index in [2.05, 4.69) is 254 Å². The number of anilines is 3. The summed E-state index contributed by atoms with van der Waals surface area (Å²) in [7, 11) is 0. The minimum atomic E-state index is -0.557. The van der Waals surface area contributed by atoms with Crippen molar-refractivity contribution in [1.82, 2.24) is 0 Å². The van der Waals surface area contributed by atoms with E-state index in [1.54, 1.807) is 0 Å². The third kappa shape index (κ3) is 4.76. The average molecular weight is 864 g/mol. The van der Waals surface area contributed by atoms with Gasteiger partial charge in [0.2, 0.25) is 0 Å². The van der Waals surface area contributed by atoms with Crippen LogP contribution in [-0.2, 0) is 10.8 Å². The van der Waals surface area contributed by atoms with Crippen LogP contribution in [0.15, 0.2) is 249 Å². The second kappa shape index (κ2) is 13.9. The first-order valence-corrected chi connectivity index (χ1v) is 23.7. The lowest BCUT2D eigenvalue weighted by Crippen LogP contribution is -2.32. The Morgan fingerprint density at radius 3 is 1.22 bits per heavy atom. The monoisotopic (exact) mass is 863 g/mol. The van der Waals surface area contributed by atoms with Gasteiger partial charge in [0.05, 0.1) is 16.5 Å². The Kier molecular flexibility index (Phi) is 7.67. The first-order chi connectivity index (χ1) is 33.7. The van der Waals surface area contributed by atoms with Gasteiger partial charge < -0.3 is 9.64 Å². The molecule has 0 amide bonds. The van der Waals surface area contributed by atoms with Gasteiger partial charge in [0.25, 0.3) is 0 Å². The minimum Gasteiger partial charge on any atom is -0.457 e. The zero-order chi connectivity index (χ0) is 44.6. The maximum atomic E-state index is 6.69. The zero-order valence-electron chi connectivity index (χ0n) is 37.0. The van der Waals surface area contributed by atoms with Crippen molar-refractivity contribution < 1.29 is 4.74 Å². The number of ether oxygens (including phenoxy) is 1. The summed E-state index contributed by atoms with van der Waals surface area (Å²) < 4.78 is 6.69. The number of hydrogen-bond donors (Lipinski definition) is 0. The van der Waals surface area contributed by atoms with Crippen LogP contribution in [-0.4, -0.2) is 0 Å². The molecule has 0 saturated carbocycles. The first-order valence-electron chi connectivity index (χ1n) is 23.7. The molecule has 0 saturated heterocycles. The maximum Gasteiger partial charge on any atom is 0.132 e. The van der Waals surface area contributed by atoms with E-state index in [9.17, 15) is 0 Å². The molecule has 1 aliphatic heterocycles. The number of fused-ring (bicyclic) bond motifs is 20. The Hall–Kier alpha value is -8.72. The van der Waals surface area contributed by atoms with Crippen molar-refractivity contribution in [3.05, 3.63) is 293 Å². The molecule has 2 heteroatoms. The second-order valence-corrected chi connectivity index (χ2v) is 18.6. The fraction of sp³-hybridized carbons (Fsp3) is 0.0303. The van der Waals surface area contributed by atoms with Gasteiger partial charge in [-0.3, -0.25) is 0 Å². The van der Waals surface area contributed by atoms with Crippen molar-refractivity contribution in [3.8, 4) is 56.0 Å². The molecule has 2 nitrogen and oxygen atoms in total. The lowest BCUT2D eigenvalue weighted by Gasteiger charge is -2.39. The third-order valence-electron chi connectivity index (χ3n) is 15.5. The van der Waals surface area contributed by atoms with Crippen LogP contribution < -0.4 is 9.64 Å². The van der Waals surface area contributed by atoms with E-state index < -0.39 is 10.8 Å². The topological polar surface area (TPSA) is 12.5 Å². The van der Waals surface area contributed by atoms with Gasteiger partial charge in [0.15, 0.2) is 0 Å². The molecule has 3 aliphatic carbocycles. The number of nitrogens with zero attached hydrogens (tertiary/aromatic N) is 1. The number of hydrogen-bond acceptors (Lipinski definition) is 2. The molecule has 0 radical (unpaired) electrons. The van der Waals surface area contributed by atoms with E-state index >= 15 is 0 Å². The molecule has 68 heavy (non-hydrogen) atoms. The molecule has 11 aromatic rings. The predicted molar refractivity (Wildman–Crippen MR) is 278 cm³/mol. The highest BCUT2D eigenvalue weighted by molar-refractivity contribution is 6.06. The molecular formula is C66H41NO. The molecule has 0 unspecified atom stereocenters. The molecule has 0 atom stereocenters. The minimum absolute atomic E-state index is 0.428. The summed E-state index contributed by atoms with van der Waals surface area (Å²) in [6.07, 6.45) is 0. The summed E-state index contributed by atoms with van der Waals surface area (Å²) in [6.45, 7) is 0. The molecule has 4 aliphatic rings. The van der Waals surface area contributed by atoms with E-state index in [0.29, 0.717) is 0 Å². The van der Waals surface area contributed by atoms with Crippen LogP contribution in [0.3, 0.4) is 0 Å². The van der Waals surface area contributed by atoms with Crippen LogP contribution in [0.2, 0.25) is 0 Å². The Morgan fingerprint density at radius 2 is 0.691 bits per heavy atom. The number of rotatable bonds is 4. The Labute approximate surface area is 395 Å². The van der Waals surface area contributed by atoms with Gasteiger partial charge in [-0.05, 0) is 126 Å². The summed E-state index contributed by atoms with van der Waals surface area (Å²) in [5.41, 5.74) is 22.5. The molecule has 15 rings (SSSR count). The third-order valence-corrected chi connectivity index (χ3v) is 15.5. The summed E-state index contributed by atoms with van der Waals surface area (Å²) in [6, 6.07) is 92.4. The first kappa shape index (κ1) is 37.5. The standard InChI is InChI=1S/C66H41NO/c1-2-19-43(20-3-1)64-46-21-5-4-18-42(46)34-39-61(64)67(44-35-37-57-51(40-44)49-24-8-12-28-55(49)65(57)53-26-10-6-22-47(53)48-23-7-11-27-54(48)65)45-36-38-58-52(41-45)50-25-9-13-29-56(50)66(58)59-30-14-16-32-62(59)68-63-33-17-15-31-60(63)66/h1-41H. The highest BCUT2D eigenvalue weighted by atomic mass is 16.5. The van der Waals surface area contributed by atoms with E-state index in [1.807, 2.05) is 0 Å². The van der Waals surface area contributed by atoms with Crippen molar-refractivity contribution in [1.29, 1.82) is 0 Å². The Bertz CT molecular complexity index is 3830. The van der Waals surface area contributed by atoms with Gasteiger partial charge in [-0.2, -0.15) is 0 Å². The van der Waals surface area contributed by atoms with Gasteiger partial charge in [-0.1, -0.05) is 206 Å². The largest absolute Gasteiger partial charge is 0.457 e. The molecule has 0 bridgehead atoms. The summed E-state index contributed by atoms with van der Waals surface area (Å²) >= 11 is 0. The van der Waals surface area contributed by atoms with Crippen LogP contribution in [0.1, 0.15) is 44.5 Å². The lowest BCUT2D eigenvalue weighted by atomic mass is 9.66. The summed E-state index contributed by atoms with van der Waals surface area (Å²) in [5.74, 6) is 1.79. The lowest BCUT2D eigenvalue weighted by molar-refractivity contribution is 0.436. The number of benzene rings is 11. The van der Waals surface area contributed by atoms with Crippen molar-refractivity contribution in [3.63, 3.8) is 0 Å². The average Bonchev–Trinajstić information content (AvgIpc) is 3.99. The quantitative estimate of drug-likeness (QED) is 0.175. The van der Waals surface area contributed by atoms with Crippen molar-refractivity contribution in [2.24, 2.45) is 0 Å². The SMILES string of the molecule is c1ccc(-c2c(N(c3ccc4c(c3)-c3ccccc3C43c4ccccc4Oc4ccccc43)c3ccc4c(c3)-c3ccccc3C43c4ccccc4-c4ccccc43)ccc3ccccc23)cc1. The number of para-hydroxylation sites is 2. The van der Waals surface area contributed by atoms with E-state index in [4.69, 9.17) is 4.74 Å². The fourth-order valence-electron chi connectivity index (χ4n) is 13.0. The van der Waals surface area contributed by atoms with E-state index in [0.717, 1.165) is 39.7 Å². The second-order valence-electron chi connectivity index (χ2n) is 18.6. The fourth-order valence-corrected chi connectivity index (χ4v) is 13.0. The van der Waals surface area contributed by atoms with Gasteiger partial charge in [-0.25, -0.2) is 0 Å². The van der Waals surface area contributed by atoms with E-state index in [1.165, 1.54) is 88.7 Å². The van der Waals surface area contributed by atoms with Crippen LogP contribution in [0, 0.1) is 0 Å². The van der Waals surface area contributed by atoms with Crippen molar-refractivity contribution in [2.75, 3.05) is 4.90 Å². The smallest absolute Gasteiger partial charge is 0.132 e. The molecule has 316 valence electrons. The Balaban J connectivity index is 1.02. The molecule has 0 aromatic heterocycles. The van der Waals surface area contributed by atoms with Gasteiger partial charge >= 0.3 is 0 Å².